The molecule has 0 spiro atoms. The quantitative estimate of drug-likeness (QED) is 0.724. The zero-order chi connectivity index (χ0) is 11.7. The smallest absolute Gasteiger partial charge is 0.162 e. The van der Waals surface area contributed by atoms with Gasteiger partial charge in [-0.05, 0) is 12.1 Å². The van der Waals surface area contributed by atoms with Crippen LogP contribution in [0.15, 0.2) is 12.1 Å². The normalized spacial score (nSPS) is 16.7. The summed E-state index contributed by atoms with van der Waals surface area (Å²) in [4.78, 5) is 13.0. The topological polar surface area (TPSA) is 20.3 Å². The van der Waals surface area contributed by atoms with E-state index in [0.29, 0.717) is 31.6 Å². The third-order valence-corrected chi connectivity index (χ3v) is 3.33. The van der Waals surface area contributed by atoms with Crippen molar-refractivity contribution in [2.24, 2.45) is 0 Å². The predicted molar refractivity (Wildman–Crippen MR) is 62.9 cm³/mol. The molecule has 0 N–H and O–H groups in total. The minimum atomic E-state index is -0.599. The lowest BCUT2D eigenvalue weighted by molar-refractivity contribution is -0.119. The molecule has 5 heteroatoms. The van der Waals surface area contributed by atoms with Crippen LogP contribution >= 0.6 is 23.2 Å². The van der Waals surface area contributed by atoms with E-state index in [9.17, 15) is 9.18 Å². The molecule has 0 unspecified atom stereocenters. The van der Waals surface area contributed by atoms with E-state index in [-0.39, 0.29) is 15.8 Å². The number of Topliss-reactive ketones (excluding diaryl/α,β-unsaturated/α-hetero) is 1. The number of carbonyl (C=O) groups excluding carboxylic acids is 1. The minimum Gasteiger partial charge on any atom is -0.369 e. The number of piperidine rings is 1. The van der Waals surface area contributed by atoms with Gasteiger partial charge in [-0.1, -0.05) is 23.2 Å². The lowest BCUT2D eigenvalue weighted by atomic mass is 10.1. The van der Waals surface area contributed by atoms with Crippen LogP contribution in [0, 0.1) is 5.82 Å². The highest BCUT2D eigenvalue weighted by Gasteiger charge is 2.20. The van der Waals surface area contributed by atoms with Gasteiger partial charge < -0.3 is 4.90 Å². The van der Waals surface area contributed by atoms with Gasteiger partial charge in [-0.2, -0.15) is 0 Å². The molecule has 1 saturated heterocycles. The molecule has 1 fully saturated rings. The molecule has 86 valence electrons. The Labute approximate surface area is 103 Å². The number of benzene rings is 1. The second-order valence-electron chi connectivity index (χ2n) is 3.72. The summed E-state index contributed by atoms with van der Waals surface area (Å²) in [5, 5.41) is 0.0451. The highest BCUT2D eigenvalue weighted by molar-refractivity contribution is 6.36. The largest absolute Gasteiger partial charge is 0.369 e. The first-order valence-corrected chi connectivity index (χ1v) is 5.75. The Bertz CT molecular complexity index is 426. The lowest BCUT2D eigenvalue weighted by Crippen LogP contribution is -2.33. The van der Waals surface area contributed by atoms with Gasteiger partial charge >= 0.3 is 0 Å². The third-order valence-electron chi connectivity index (χ3n) is 2.68. The van der Waals surface area contributed by atoms with Gasteiger partial charge in [0, 0.05) is 25.9 Å². The van der Waals surface area contributed by atoms with Crippen molar-refractivity contribution >= 4 is 34.7 Å². The fourth-order valence-corrected chi connectivity index (χ4v) is 2.25. The van der Waals surface area contributed by atoms with E-state index in [1.165, 1.54) is 6.07 Å². The number of hydrogen-bond donors (Lipinski definition) is 0. The fourth-order valence-electron chi connectivity index (χ4n) is 1.76. The molecule has 0 saturated carbocycles. The van der Waals surface area contributed by atoms with Crippen molar-refractivity contribution in [3.8, 4) is 0 Å². The maximum atomic E-state index is 13.5. The molecule has 0 bridgehead atoms. The summed E-state index contributed by atoms with van der Waals surface area (Å²) in [5.41, 5.74) is 0.607. The molecule has 1 aromatic rings. The minimum absolute atomic E-state index is 0.0156. The van der Waals surface area contributed by atoms with Gasteiger partial charge in [0.25, 0.3) is 0 Å². The van der Waals surface area contributed by atoms with Crippen LogP contribution in [-0.4, -0.2) is 18.9 Å². The van der Waals surface area contributed by atoms with Crippen molar-refractivity contribution in [3.63, 3.8) is 0 Å². The van der Waals surface area contributed by atoms with E-state index in [1.54, 1.807) is 6.07 Å². The molecule has 1 aliphatic heterocycles. The van der Waals surface area contributed by atoms with E-state index in [4.69, 9.17) is 23.2 Å². The molecule has 0 aromatic heterocycles. The maximum absolute atomic E-state index is 13.5. The molecule has 1 heterocycles. The van der Waals surface area contributed by atoms with Crippen LogP contribution in [0.25, 0.3) is 0 Å². The van der Waals surface area contributed by atoms with Gasteiger partial charge in [0.1, 0.15) is 10.8 Å². The second-order valence-corrected chi connectivity index (χ2v) is 4.51. The molecule has 16 heavy (non-hydrogen) atoms. The number of anilines is 1. The molecule has 1 aliphatic rings. The van der Waals surface area contributed by atoms with Crippen molar-refractivity contribution < 1.29 is 9.18 Å². The first-order valence-electron chi connectivity index (χ1n) is 4.99. The highest BCUT2D eigenvalue weighted by atomic mass is 35.5. The van der Waals surface area contributed by atoms with Crippen molar-refractivity contribution in [2.45, 2.75) is 12.8 Å². The molecule has 1 aromatic carbocycles. The zero-order valence-corrected chi connectivity index (χ0v) is 9.98. The van der Waals surface area contributed by atoms with Crippen molar-refractivity contribution in [3.05, 3.63) is 28.0 Å². The zero-order valence-electron chi connectivity index (χ0n) is 8.47. The molecule has 0 aliphatic carbocycles. The summed E-state index contributed by atoms with van der Waals surface area (Å²) in [6.07, 6.45) is 0.973. The molecule has 0 amide bonds. The average molecular weight is 262 g/mol. The van der Waals surface area contributed by atoms with Crippen LogP contribution in [0.3, 0.4) is 0 Å². The van der Waals surface area contributed by atoms with Crippen molar-refractivity contribution in [1.29, 1.82) is 0 Å². The van der Waals surface area contributed by atoms with Gasteiger partial charge in [0.2, 0.25) is 0 Å². The second kappa shape index (κ2) is 4.60. The Balaban J connectivity index is 2.27. The Hall–Kier alpha value is -0.800. The van der Waals surface area contributed by atoms with Gasteiger partial charge in [0.15, 0.2) is 5.82 Å². The summed E-state index contributed by atoms with van der Waals surface area (Å²) in [6.45, 7) is 1.17. The first-order chi connectivity index (χ1) is 7.59. The van der Waals surface area contributed by atoms with Gasteiger partial charge in [0.05, 0.1) is 10.7 Å². The SMILES string of the molecule is O=C1CCN(c2ccc(Cl)c(F)c2Cl)CC1. The number of nitrogens with zero attached hydrogens (tertiary/aromatic N) is 1. The number of rotatable bonds is 1. The van der Waals surface area contributed by atoms with Gasteiger partial charge in [-0.25, -0.2) is 4.39 Å². The summed E-state index contributed by atoms with van der Waals surface area (Å²) < 4.78 is 13.5. The summed E-state index contributed by atoms with van der Waals surface area (Å²) >= 11 is 11.5. The van der Waals surface area contributed by atoms with E-state index in [2.05, 4.69) is 0 Å². The average Bonchev–Trinajstić information content (AvgIpc) is 2.28. The summed E-state index contributed by atoms with van der Waals surface area (Å²) in [7, 11) is 0. The van der Waals surface area contributed by atoms with E-state index in [0.717, 1.165) is 0 Å². The van der Waals surface area contributed by atoms with E-state index in [1.807, 2.05) is 4.90 Å². The Morgan fingerprint density at radius 1 is 1.19 bits per heavy atom. The number of ketones is 1. The number of carbonyl (C=O) groups is 1. The molecular formula is C11H10Cl2FNO. The molecular weight excluding hydrogens is 252 g/mol. The summed E-state index contributed by atoms with van der Waals surface area (Å²) in [5.74, 6) is -0.362. The molecule has 2 nitrogen and oxygen atoms in total. The molecule has 0 atom stereocenters. The third kappa shape index (κ3) is 2.15. The molecule has 0 radical (unpaired) electrons. The number of hydrogen-bond acceptors (Lipinski definition) is 2. The lowest BCUT2D eigenvalue weighted by Gasteiger charge is -2.29. The maximum Gasteiger partial charge on any atom is 0.162 e. The Morgan fingerprint density at radius 3 is 2.44 bits per heavy atom. The van der Waals surface area contributed by atoms with Crippen LogP contribution in [0.4, 0.5) is 10.1 Å². The molecule has 2 rings (SSSR count). The van der Waals surface area contributed by atoms with Crippen LogP contribution < -0.4 is 4.90 Å². The number of halogens is 3. The fraction of sp³-hybridized carbons (Fsp3) is 0.364. The Morgan fingerprint density at radius 2 is 1.81 bits per heavy atom. The summed E-state index contributed by atoms with van der Waals surface area (Å²) in [6, 6.07) is 3.16. The van der Waals surface area contributed by atoms with Crippen LogP contribution in [0.5, 0.6) is 0 Å². The van der Waals surface area contributed by atoms with E-state index >= 15 is 0 Å². The standard InChI is InChI=1S/C11H10Cl2FNO/c12-8-1-2-9(10(13)11(8)14)15-5-3-7(16)4-6-15/h1-2H,3-6H2. The van der Waals surface area contributed by atoms with Crippen LogP contribution in [0.2, 0.25) is 10.0 Å². The van der Waals surface area contributed by atoms with E-state index < -0.39 is 5.82 Å². The van der Waals surface area contributed by atoms with Crippen molar-refractivity contribution in [1.82, 2.24) is 0 Å². The van der Waals surface area contributed by atoms with Crippen molar-refractivity contribution in [2.75, 3.05) is 18.0 Å². The van der Waals surface area contributed by atoms with Crippen LogP contribution in [-0.2, 0) is 4.79 Å². The van der Waals surface area contributed by atoms with Gasteiger partial charge in [-0.3, -0.25) is 4.79 Å². The Kier molecular flexibility index (Phi) is 3.36. The predicted octanol–water partition coefficient (Wildman–Crippen LogP) is 3.30. The monoisotopic (exact) mass is 261 g/mol. The van der Waals surface area contributed by atoms with Gasteiger partial charge in [-0.15, -0.1) is 0 Å². The highest BCUT2D eigenvalue weighted by Crippen LogP contribution is 2.33. The first kappa shape index (κ1) is 11.7. The van der Waals surface area contributed by atoms with Crippen LogP contribution in [0.1, 0.15) is 12.8 Å².